The lowest BCUT2D eigenvalue weighted by Gasteiger charge is -2.17. The predicted octanol–water partition coefficient (Wildman–Crippen LogP) is 1.45. The molecule has 3 amide bonds. The van der Waals surface area contributed by atoms with Gasteiger partial charge in [-0.05, 0) is 31.0 Å². The number of hydrogen-bond acceptors (Lipinski definition) is 5. The SMILES string of the molecule is Cn1ccc(NC(=O)c2ccc3c(c2)C(=O)N(C[C@@H]2CCCO2)C3=O)n1. The van der Waals surface area contributed by atoms with Crippen molar-refractivity contribution in [3.63, 3.8) is 0 Å². The third-order valence-electron chi connectivity index (χ3n) is 4.60. The fourth-order valence-corrected chi connectivity index (χ4v) is 3.26. The molecular weight excluding hydrogens is 336 g/mol. The first-order valence-electron chi connectivity index (χ1n) is 8.46. The zero-order chi connectivity index (χ0) is 18.3. The van der Waals surface area contributed by atoms with E-state index in [2.05, 4.69) is 10.4 Å². The van der Waals surface area contributed by atoms with Gasteiger partial charge in [0.15, 0.2) is 5.82 Å². The van der Waals surface area contributed by atoms with Crippen molar-refractivity contribution in [2.24, 2.45) is 7.05 Å². The minimum Gasteiger partial charge on any atom is -0.376 e. The van der Waals surface area contributed by atoms with Crippen molar-refractivity contribution in [2.45, 2.75) is 18.9 Å². The number of anilines is 1. The molecule has 0 saturated carbocycles. The second kappa shape index (κ2) is 6.38. The monoisotopic (exact) mass is 354 g/mol. The lowest BCUT2D eigenvalue weighted by molar-refractivity contribution is 0.0475. The molecule has 0 aliphatic carbocycles. The number of aromatic nitrogens is 2. The summed E-state index contributed by atoms with van der Waals surface area (Å²) in [6.45, 7) is 0.910. The Morgan fingerprint density at radius 1 is 1.27 bits per heavy atom. The van der Waals surface area contributed by atoms with Crippen molar-refractivity contribution in [3.05, 3.63) is 47.2 Å². The Morgan fingerprint density at radius 2 is 2.08 bits per heavy atom. The van der Waals surface area contributed by atoms with Gasteiger partial charge in [0, 0.05) is 31.5 Å². The minimum atomic E-state index is -0.385. The molecule has 1 N–H and O–H groups in total. The number of hydrogen-bond donors (Lipinski definition) is 1. The summed E-state index contributed by atoms with van der Waals surface area (Å²) in [6, 6.07) is 6.20. The highest BCUT2D eigenvalue weighted by Gasteiger charge is 2.37. The van der Waals surface area contributed by atoms with E-state index in [1.807, 2.05) is 0 Å². The van der Waals surface area contributed by atoms with Crippen LogP contribution in [0.3, 0.4) is 0 Å². The highest BCUT2D eigenvalue weighted by atomic mass is 16.5. The summed E-state index contributed by atoms with van der Waals surface area (Å²) in [4.78, 5) is 38.7. The standard InChI is InChI=1S/C18H18N4O4/c1-21-7-6-15(20-21)19-16(23)11-4-5-13-14(9-11)18(25)22(17(13)24)10-12-3-2-8-26-12/h4-7,9,12H,2-3,8,10H2,1H3,(H,19,20,23)/t12-/m0/s1. The van der Waals surface area contributed by atoms with Gasteiger partial charge >= 0.3 is 0 Å². The summed E-state index contributed by atoms with van der Waals surface area (Å²) in [5, 5.41) is 6.75. The number of fused-ring (bicyclic) bond motifs is 1. The van der Waals surface area contributed by atoms with E-state index in [1.165, 1.54) is 23.1 Å². The van der Waals surface area contributed by atoms with Gasteiger partial charge in [0.2, 0.25) is 0 Å². The Balaban J connectivity index is 1.54. The predicted molar refractivity (Wildman–Crippen MR) is 91.9 cm³/mol. The van der Waals surface area contributed by atoms with Gasteiger partial charge in [-0.15, -0.1) is 0 Å². The van der Waals surface area contributed by atoms with Crippen molar-refractivity contribution in [1.82, 2.24) is 14.7 Å². The number of rotatable bonds is 4. The van der Waals surface area contributed by atoms with E-state index in [0.717, 1.165) is 12.8 Å². The normalized spacial score (nSPS) is 19.1. The van der Waals surface area contributed by atoms with E-state index in [9.17, 15) is 14.4 Å². The number of carbonyl (C=O) groups is 3. The van der Waals surface area contributed by atoms with Crippen LogP contribution in [0.25, 0.3) is 0 Å². The minimum absolute atomic E-state index is 0.107. The molecule has 2 aliphatic rings. The van der Waals surface area contributed by atoms with E-state index in [0.29, 0.717) is 23.6 Å². The van der Waals surface area contributed by atoms with Gasteiger partial charge in [0.05, 0.1) is 23.8 Å². The number of aryl methyl sites for hydroxylation is 1. The lowest BCUT2D eigenvalue weighted by Crippen LogP contribution is -2.36. The molecule has 1 aromatic carbocycles. The van der Waals surface area contributed by atoms with Gasteiger partial charge in [-0.2, -0.15) is 5.10 Å². The van der Waals surface area contributed by atoms with E-state index in [-0.39, 0.29) is 35.9 Å². The molecule has 0 spiro atoms. The van der Waals surface area contributed by atoms with Crippen LogP contribution >= 0.6 is 0 Å². The fraction of sp³-hybridized carbons (Fsp3) is 0.333. The Morgan fingerprint density at radius 3 is 2.77 bits per heavy atom. The zero-order valence-corrected chi connectivity index (χ0v) is 14.3. The molecule has 1 atom stereocenters. The quantitative estimate of drug-likeness (QED) is 0.839. The first-order chi connectivity index (χ1) is 12.5. The Kier molecular flexibility index (Phi) is 4.04. The van der Waals surface area contributed by atoms with Crippen molar-refractivity contribution in [3.8, 4) is 0 Å². The van der Waals surface area contributed by atoms with Gasteiger partial charge in [0.1, 0.15) is 0 Å². The number of nitrogens with zero attached hydrogens (tertiary/aromatic N) is 3. The van der Waals surface area contributed by atoms with E-state index in [4.69, 9.17) is 4.74 Å². The Labute approximate surface area is 149 Å². The number of imide groups is 1. The molecule has 0 radical (unpaired) electrons. The van der Waals surface area contributed by atoms with Crippen LogP contribution in [0.5, 0.6) is 0 Å². The molecule has 26 heavy (non-hydrogen) atoms. The number of amides is 3. The van der Waals surface area contributed by atoms with Crippen LogP contribution in [0.4, 0.5) is 5.82 Å². The van der Waals surface area contributed by atoms with Gasteiger partial charge in [-0.1, -0.05) is 0 Å². The summed E-state index contributed by atoms with van der Waals surface area (Å²) >= 11 is 0. The molecule has 8 heteroatoms. The van der Waals surface area contributed by atoms with E-state index < -0.39 is 0 Å². The molecule has 2 aromatic rings. The second-order valence-electron chi connectivity index (χ2n) is 6.45. The molecular formula is C18H18N4O4. The smallest absolute Gasteiger partial charge is 0.261 e. The van der Waals surface area contributed by atoms with Crippen LogP contribution in [0, 0.1) is 0 Å². The van der Waals surface area contributed by atoms with Crippen LogP contribution in [0.15, 0.2) is 30.5 Å². The van der Waals surface area contributed by atoms with Crippen molar-refractivity contribution >= 4 is 23.5 Å². The van der Waals surface area contributed by atoms with Crippen molar-refractivity contribution < 1.29 is 19.1 Å². The van der Waals surface area contributed by atoms with Crippen molar-refractivity contribution in [1.29, 1.82) is 0 Å². The van der Waals surface area contributed by atoms with E-state index >= 15 is 0 Å². The molecule has 8 nitrogen and oxygen atoms in total. The first-order valence-corrected chi connectivity index (χ1v) is 8.46. The topological polar surface area (TPSA) is 93.5 Å². The lowest BCUT2D eigenvalue weighted by atomic mass is 10.1. The Hall–Kier alpha value is -3.00. The maximum atomic E-state index is 12.6. The molecule has 4 rings (SSSR count). The van der Waals surface area contributed by atoms with E-state index in [1.54, 1.807) is 24.0 Å². The van der Waals surface area contributed by atoms with Gasteiger partial charge in [-0.25, -0.2) is 0 Å². The summed E-state index contributed by atoms with van der Waals surface area (Å²) in [7, 11) is 1.75. The fourth-order valence-electron chi connectivity index (χ4n) is 3.26. The molecule has 1 fully saturated rings. The maximum Gasteiger partial charge on any atom is 0.261 e. The van der Waals surface area contributed by atoms with Crippen LogP contribution in [0.2, 0.25) is 0 Å². The third-order valence-corrected chi connectivity index (χ3v) is 4.60. The summed E-state index contributed by atoms with van der Waals surface area (Å²) in [5.41, 5.74) is 0.874. The molecule has 2 aliphatic heterocycles. The summed E-state index contributed by atoms with van der Waals surface area (Å²) in [6.07, 6.45) is 3.38. The summed E-state index contributed by atoms with van der Waals surface area (Å²) < 4.78 is 7.09. The average Bonchev–Trinajstić information content (AvgIpc) is 3.33. The highest BCUT2D eigenvalue weighted by Crippen LogP contribution is 2.26. The Bertz CT molecular complexity index is 898. The largest absolute Gasteiger partial charge is 0.376 e. The number of ether oxygens (including phenoxy) is 1. The zero-order valence-electron chi connectivity index (χ0n) is 14.3. The molecule has 1 saturated heterocycles. The number of carbonyl (C=O) groups excluding carboxylic acids is 3. The summed E-state index contributed by atoms with van der Waals surface area (Å²) in [5.74, 6) is -0.685. The first kappa shape index (κ1) is 16.5. The molecule has 0 bridgehead atoms. The highest BCUT2D eigenvalue weighted by molar-refractivity contribution is 6.22. The van der Waals surface area contributed by atoms with Crippen LogP contribution in [0.1, 0.15) is 43.9 Å². The third kappa shape index (κ3) is 2.88. The maximum absolute atomic E-state index is 12.6. The molecule has 134 valence electrons. The molecule has 0 unspecified atom stereocenters. The van der Waals surface area contributed by atoms with Gasteiger partial charge in [0.25, 0.3) is 17.7 Å². The van der Waals surface area contributed by atoms with Crippen LogP contribution < -0.4 is 5.32 Å². The number of nitrogens with one attached hydrogen (secondary N) is 1. The van der Waals surface area contributed by atoms with Gasteiger partial charge in [-0.3, -0.25) is 24.0 Å². The second-order valence-corrected chi connectivity index (χ2v) is 6.45. The van der Waals surface area contributed by atoms with Crippen LogP contribution in [-0.2, 0) is 11.8 Å². The van der Waals surface area contributed by atoms with Crippen LogP contribution in [-0.4, -0.2) is 51.7 Å². The van der Waals surface area contributed by atoms with Gasteiger partial charge < -0.3 is 10.1 Å². The molecule has 1 aromatic heterocycles. The average molecular weight is 354 g/mol. The van der Waals surface area contributed by atoms with Crippen molar-refractivity contribution in [2.75, 3.05) is 18.5 Å². The molecule has 3 heterocycles. The number of benzene rings is 1.